The summed E-state index contributed by atoms with van der Waals surface area (Å²) in [6.45, 7) is 7.69. The van der Waals surface area contributed by atoms with Crippen LogP contribution in [-0.4, -0.2) is 47.0 Å². The Bertz CT molecular complexity index is 726. The van der Waals surface area contributed by atoms with E-state index in [1.54, 1.807) is 0 Å². The lowest BCUT2D eigenvalue weighted by molar-refractivity contribution is 0.0700. The lowest BCUT2D eigenvalue weighted by atomic mass is 9.88. The minimum atomic E-state index is 0.622. The summed E-state index contributed by atoms with van der Waals surface area (Å²) < 4.78 is 7.51. The molecule has 4 heteroatoms. The van der Waals surface area contributed by atoms with E-state index in [9.17, 15) is 0 Å². The number of benzene rings is 1. The van der Waals surface area contributed by atoms with E-state index in [1.165, 1.54) is 55.1 Å². The molecular weight excluding hydrogens is 322 g/mol. The third-order valence-electron chi connectivity index (χ3n) is 6.52. The lowest BCUT2D eigenvalue weighted by Gasteiger charge is -2.40. The highest BCUT2D eigenvalue weighted by Crippen LogP contribution is 2.40. The predicted octanol–water partition coefficient (Wildman–Crippen LogP) is 4.26. The molecule has 0 aliphatic carbocycles. The molecule has 2 fully saturated rings. The fraction of sp³-hybridized carbons (Fsp3) is 0.682. The molecule has 0 radical (unpaired) electrons. The van der Waals surface area contributed by atoms with Gasteiger partial charge in [-0.2, -0.15) is 5.10 Å². The Balaban J connectivity index is 1.38. The molecule has 26 heavy (non-hydrogen) atoms. The van der Waals surface area contributed by atoms with Crippen molar-refractivity contribution >= 4 is 10.9 Å². The smallest absolute Gasteiger partial charge is 0.0685 e. The van der Waals surface area contributed by atoms with Crippen molar-refractivity contribution in [2.45, 2.75) is 64.6 Å². The Morgan fingerprint density at radius 1 is 1.19 bits per heavy atom. The molecule has 2 saturated heterocycles. The minimum absolute atomic E-state index is 0.622. The molecule has 3 unspecified atom stereocenters. The van der Waals surface area contributed by atoms with Gasteiger partial charge in [0.15, 0.2) is 0 Å². The van der Waals surface area contributed by atoms with Crippen LogP contribution in [0.4, 0.5) is 0 Å². The molecule has 2 aliphatic rings. The highest BCUT2D eigenvalue weighted by atomic mass is 16.5. The second-order valence-electron chi connectivity index (χ2n) is 8.69. The molecule has 3 atom stereocenters. The summed E-state index contributed by atoms with van der Waals surface area (Å²) in [5, 5.41) is 5.90. The second-order valence-corrected chi connectivity index (χ2v) is 8.69. The Kier molecular flexibility index (Phi) is 5.32. The Morgan fingerprint density at radius 2 is 1.96 bits per heavy atom. The van der Waals surface area contributed by atoms with E-state index < -0.39 is 0 Å². The first-order valence-corrected chi connectivity index (χ1v) is 10.3. The zero-order valence-electron chi connectivity index (χ0n) is 16.5. The van der Waals surface area contributed by atoms with Gasteiger partial charge in [0, 0.05) is 44.3 Å². The maximum atomic E-state index is 5.31. The number of piperidine rings is 1. The van der Waals surface area contributed by atoms with E-state index in [0.717, 1.165) is 31.2 Å². The van der Waals surface area contributed by atoms with Crippen molar-refractivity contribution in [3.05, 3.63) is 30.0 Å². The molecule has 0 spiro atoms. The molecule has 0 N–H and O–H groups in total. The van der Waals surface area contributed by atoms with E-state index in [4.69, 9.17) is 4.74 Å². The SMILES string of the molecule is COCCC1CC2CCC(C1)N2CC(C)Cn1ncc2ccc(C)cc21. The average Bonchev–Trinajstić information content (AvgIpc) is 3.10. The van der Waals surface area contributed by atoms with Crippen LogP contribution in [0.3, 0.4) is 0 Å². The van der Waals surface area contributed by atoms with Gasteiger partial charge in [0.1, 0.15) is 0 Å². The van der Waals surface area contributed by atoms with E-state index in [2.05, 4.69) is 46.7 Å². The van der Waals surface area contributed by atoms with Crippen molar-refractivity contribution in [2.75, 3.05) is 20.3 Å². The van der Waals surface area contributed by atoms with Crippen molar-refractivity contribution in [1.29, 1.82) is 0 Å². The molecular formula is C22H33N3O. The molecule has 1 aromatic carbocycles. The maximum Gasteiger partial charge on any atom is 0.0685 e. The minimum Gasteiger partial charge on any atom is -0.385 e. The summed E-state index contributed by atoms with van der Waals surface area (Å²) >= 11 is 0. The van der Waals surface area contributed by atoms with Gasteiger partial charge in [-0.05, 0) is 62.5 Å². The van der Waals surface area contributed by atoms with Gasteiger partial charge in [-0.25, -0.2) is 0 Å². The Morgan fingerprint density at radius 3 is 2.69 bits per heavy atom. The van der Waals surface area contributed by atoms with Crippen molar-refractivity contribution in [1.82, 2.24) is 14.7 Å². The number of nitrogens with zero attached hydrogens (tertiary/aromatic N) is 3. The first-order valence-electron chi connectivity index (χ1n) is 10.3. The summed E-state index contributed by atoms with van der Waals surface area (Å²) in [4.78, 5) is 2.82. The molecule has 3 heterocycles. The van der Waals surface area contributed by atoms with Crippen LogP contribution >= 0.6 is 0 Å². The van der Waals surface area contributed by atoms with Gasteiger partial charge in [-0.1, -0.05) is 19.1 Å². The van der Waals surface area contributed by atoms with Crippen LogP contribution in [0.2, 0.25) is 0 Å². The number of fused-ring (bicyclic) bond motifs is 3. The van der Waals surface area contributed by atoms with Crippen LogP contribution in [-0.2, 0) is 11.3 Å². The normalized spacial score (nSPS) is 27.3. The largest absolute Gasteiger partial charge is 0.385 e. The van der Waals surface area contributed by atoms with Gasteiger partial charge in [0.25, 0.3) is 0 Å². The summed E-state index contributed by atoms with van der Waals surface area (Å²) in [5.41, 5.74) is 2.58. The zero-order chi connectivity index (χ0) is 18.1. The summed E-state index contributed by atoms with van der Waals surface area (Å²) in [6, 6.07) is 8.22. The fourth-order valence-electron chi connectivity index (χ4n) is 5.24. The molecule has 2 bridgehead atoms. The van der Waals surface area contributed by atoms with Crippen LogP contribution in [0.15, 0.2) is 24.4 Å². The number of rotatable bonds is 7. The highest BCUT2D eigenvalue weighted by molar-refractivity contribution is 5.79. The average molecular weight is 356 g/mol. The number of hydrogen-bond donors (Lipinski definition) is 0. The standard InChI is InChI=1S/C22H33N3O/c1-16-4-5-19-13-23-25(22(19)10-16)15-17(2)14-24-20-6-7-21(24)12-18(11-20)8-9-26-3/h4-5,10,13,17-18,20-21H,6-9,11-12,14-15H2,1-3H3. The van der Waals surface area contributed by atoms with Gasteiger partial charge in [0.05, 0.1) is 11.7 Å². The van der Waals surface area contributed by atoms with Gasteiger partial charge in [0.2, 0.25) is 0 Å². The molecule has 4 rings (SSSR count). The Hall–Kier alpha value is -1.39. The molecule has 0 amide bonds. The molecule has 2 aliphatic heterocycles. The van der Waals surface area contributed by atoms with Gasteiger partial charge < -0.3 is 4.74 Å². The third-order valence-corrected chi connectivity index (χ3v) is 6.52. The topological polar surface area (TPSA) is 30.3 Å². The van der Waals surface area contributed by atoms with Crippen LogP contribution in [0.1, 0.15) is 44.6 Å². The molecule has 0 saturated carbocycles. The summed E-state index contributed by atoms with van der Waals surface area (Å²) in [5.74, 6) is 1.49. The molecule has 2 aromatic rings. The predicted molar refractivity (Wildman–Crippen MR) is 106 cm³/mol. The summed E-state index contributed by atoms with van der Waals surface area (Å²) in [7, 11) is 1.83. The number of methoxy groups -OCH3 is 1. The Labute approximate surface area is 157 Å². The third kappa shape index (κ3) is 3.67. The summed E-state index contributed by atoms with van der Waals surface area (Å²) in [6.07, 6.45) is 8.78. The number of aryl methyl sites for hydroxylation is 1. The molecule has 1 aromatic heterocycles. The number of aromatic nitrogens is 2. The van der Waals surface area contributed by atoms with Crippen LogP contribution in [0.25, 0.3) is 10.9 Å². The highest BCUT2D eigenvalue weighted by Gasteiger charge is 2.40. The van der Waals surface area contributed by atoms with Crippen molar-refractivity contribution in [2.24, 2.45) is 11.8 Å². The number of hydrogen-bond acceptors (Lipinski definition) is 3. The number of ether oxygens (including phenoxy) is 1. The quantitative estimate of drug-likeness (QED) is 0.743. The maximum absolute atomic E-state index is 5.31. The second kappa shape index (κ2) is 7.69. The van der Waals surface area contributed by atoms with Crippen LogP contribution in [0.5, 0.6) is 0 Å². The van der Waals surface area contributed by atoms with E-state index in [0.29, 0.717) is 5.92 Å². The molecule has 4 nitrogen and oxygen atoms in total. The van der Waals surface area contributed by atoms with Crippen LogP contribution < -0.4 is 0 Å². The fourth-order valence-corrected chi connectivity index (χ4v) is 5.24. The van der Waals surface area contributed by atoms with Crippen molar-refractivity contribution < 1.29 is 4.74 Å². The van der Waals surface area contributed by atoms with E-state index >= 15 is 0 Å². The lowest BCUT2D eigenvalue weighted by Crippen LogP contribution is -2.45. The van der Waals surface area contributed by atoms with Crippen LogP contribution in [0, 0.1) is 18.8 Å². The van der Waals surface area contributed by atoms with E-state index in [1.807, 2.05) is 13.3 Å². The van der Waals surface area contributed by atoms with Crippen molar-refractivity contribution in [3.8, 4) is 0 Å². The van der Waals surface area contributed by atoms with Crippen molar-refractivity contribution in [3.63, 3.8) is 0 Å². The first kappa shape index (κ1) is 18.0. The molecule has 142 valence electrons. The zero-order valence-corrected chi connectivity index (χ0v) is 16.5. The van der Waals surface area contributed by atoms with Gasteiger partial charge in [-0.15, -0.1) is 0 Å². The van der Waals surface area contributed by atoms with Gasteiger partial charge in [-0.3, -0.25) is 9.58 Å². The van der Waals surface area contributed by atoms with Gasteiger partial charge >= 0.3 is 0 Å². The monoisotopic (exact) mass is 355 g/mol. The first-order chi connectivity index (χ1) is 12.6. The van der Waals surface area contributed by atoms with E-state index in [-0.39, 0.29) is 0 Å².